The number of imide groups is 1. The fourth-order valence-corrected chi connectivity index (χ4v) is 2.96. The summed E-state index contributed by atoms with van der Waals surface area (Å²) >= 11 is 11.0. The number of rotatable bonds is 3. The average Bonchev–Trinajstić information content (AvgIpc) is 2.63. The molecule has 3 amide bonds. The maximum absolute atomic E-state index is 12.4. The summed E-state index contributed by atoms with van der Waals surface area (Å²) in [6, 6.07) is 13.7. The van der Waals surface area contributed by atoms with E-state index < -0.39 is 24.3 Å². The molecule has 3 rings (SSSR count). The van der Waals surface area contributed by atoms with Crippen molar-refractivity contribution in [3.63, 3.8) is 0 Å². The number of hydrogen-bond acceptors (Lipinski definition) is 4. The van der Waals surface area contributed by atoms with Crippen LogP contribution in [0, 0.1) is 0 Å². The minimum Gasteiger partial charge on any atom is -0.331 e. The number of anilines is 1. The third kappa shape index (κ3) is 4.60. The fourth-order valence-electron chi connectivity index (χ4n) is 2.60. The van der Waals surface area contributed by atoms with Crippen molar-refractivity contribution < 1.29 is 14.4 Å². The highest BCUT2D eigenvalue weighted by Crippen LogP contribution is 2.19. The van der Waals surface area contributed by atoms with Crippen molar-refractivity contribution in [3.8, 4) is 0 Å². The van der Waals surface area contributed by atoms with Crippen molar-refractivity contribution >= 4 is 52.3 Å². The van der Waals surface area contributed by atoms with Crippen LogP contribution in [-0.2, 0) is 16.0 Å². The Hall–Kier alpha value is -2.97. The number of benzene rings is 2. The first-order valence-corrected chi connectivity index (χ1v) is 8.76. The van der Waals surface area contributed by atoms with E-state index in [0.29, 0.717) is 21.8 Å². The number of amides is 3. The topological polar surface area (TPSA) is 90.5 Å². The quantitative estimate of drug-likeness (QED) is 0.412. The number of carbonyl (C=O) groups excluding carboxylic acids is 3. The molecule has 0 fully saturated rings. The standard InChI is InChI=1S/C18H15ClN4O3S/c19-12-5-3-6-13(9-12)20-18(27)22-21-15(24)10-23-16(25)8-11-4-1-2-7-14(11)17(23)26/h1-7,9H,8,10H2,(H,21,24)(H2,20,22,27). The van der Waals surface area contributed by atoms with Crippen molar-refractivity contribution in [1.82, 2.24) is 15.8 Å². The van der Waals surface area contributed by atoms with E-state index in [4.69, 9.17) is 23.8 Å². The lowest BCUT2D eigenvalue weighted by Gasteiger charge is -2.26. The lowest BCUT2D eigenvalue weighted by atomic mass is 9.98. The molecule has 1 heterocycles. The predicted molar refractivity (Wildman–Crippen MR) is 105 cm³/mol. The first kappa shape index (κ1) is 18.8. The van der Waals surface area contributed by atoms with Crippen LogP contribution in [0.3, 0.4) is 0 Å². The Labute approximate surface area is 165 Å². The van der Waals surface area contributed by atoms with Gasteiger partial charge in [0, 0.05) is 16.3 Å². The van der Waals surface area contributed by atoms with Crippen LogP contribution < -0.4 is 16.2 Å². The van der Waals surface area contributed by atoms with E-state index in [0.717, 1.165) is 4.90 Å². The molecule has 0 aliphatic carbocycles. The molecule has 0 atom stereocenters. The second-order valence-corrected chi connectivity index (χ2v) is 6.60. The van der Waals surface area contributed by atoms with E-state index in [9.17, 15) is 14.4 Å². The number of carbonyl (C=O) groups is 3. The molecular weight excluding hydrogens is 388 g/mol. The van der Waals surface area contributed by atoms with E-state index in [1.165, 1.54) is 0 Å². The molecule has 3 N–H and O–H groups in total. The average molecular weight is 403 g/mol. The number of halogens is 1. The van der Waals surface area contributed by atoms with Crippen LogP contribution in [-0.4, -0.2) is 34.3 Å². The third-order valence-corrected chi connectivity index (χ3v) is 4.27. The summed E-state index contributed by atoms with van der Waals surface area (Å²) in [5.41, 5.74) is 6.61. The molecule has 0 aromatic heterocycles. The zero-order valence-electron chi connectivity index (χ0n) is 14.0. The molecule has 0 radical (unpaired) electrons. The SMILES string of the molecule is O=C(CN1C(=O)Cc2ccccc2C1=O)NNC(=S)Nc1cccc(Cl)c1. The number of hydrogen-bond donors (Lipinski definition) is 3. The van der Waals surface area contributed by atoms with Crippen LogP contribution in [0.4, 0.5) is 5.69 Å². The molecule has 7 nitrogen and oxygen atoms in total. The summed E-state index contributed by atoms with van der Waals surface area (Å²) in [6.07, 6.45) is 0.0807. The molecule has 1 aliphatic rings. The van der Waals surface area contributed by atoms with Gasteiger partial charge < -0.3 is 5.32 Å². The molecule has 1 aliphatic heterocycles. The van der Waals surface area contributed by atoms with E-state index in [-0.39, 0.29) is 11.5 Å². The van der Waals surface area contributed by atoms with E-state index in [1.54, 1.807) is 48.5 Å². The summed E-state index contributed by atoms with van der Waals surface area (Å²) in [4.78, 5) is 37.6. The summed E-state index contributed by atoms with van der Waals surface area (Å²) < 4.78 is 0. The molecule has 0 spiro atoms. The summed E-state index contributed by atoms with van der Waals surface area (Å²) in [6.45, 7) is -0.404. The van der Waals surface area contributed by atoms with Crippen molar-refractivity contribution in [2.75, 3.05) is 11.9 Å². The number of thiocarbonyl (C=S) groups is 1. The molecule has 0 saturated heterocycles. The van der Waals surface area contributed by atoms with E-state index in [1.807, 2.05) is 0 Å². The first-order chi connectivity index (χ1) is 12.9. The smallest absolute Gasteiger partial charge is 0.261 e. The Bertz CT molecular complexity index is 934. The van der Waals surface area contributed by atoms with Gasteiger partial charge in [-0.25, -0.2) is 0 Å². The third-order valence-electron chi connectivity index (χ3n) is 3.84. The van der Waals surface area contributed by atoms with Gasteiger partial charge in [0.05, 0.1) is 6.42 Å². The van der Waals surface area contributed by atoms with E-state index >= 15 is 0 Å². The van der Waals surface area contributed by atoms with Crippen LogP contribution in [0.15, 0.2) is 48.5 Å². The van der Waals surface area contributed by atoms with Gasteiger partial charge in [0.1, 0.15) is 6.54 Å². The second-order valence-electron chi connectivity index (χ2n) is 5.76. The molecule has 2 aromatic carbocycles. The monoisotopic (exact) mass is 402 g/mol. The van der Waals surface area contributed by atoms with Gasteiger partial charge in [0.25, 0.3) is 11.8 Å². The summed E-state index contributed by atoms with van der Waals surface area (Å²) in [5, 5.41) is 3.51. The van der Waals surface area contributed by atoms with E-state index in [2.05, 4.69) is 16.2 Å². The predicted octanol–water partition coefficient (Wildman–Crippen LogP) is 1.88. The number of fused-ring (bicyclic) bond motifs is 1. The van der Waals surface area contributed by atoms with Crippen molar-refractivity contribution in [2.45, 2.75) is 6.42 Å². The lowest BCUT2D eigenvalue weighted by Crippen LogP contribution is -2.51. The maximum Gasteiger partial charge on any atom is 0.261 e. The van der Waals surface area contributed by atoms with Gasteiger partial charge in [0.15, 0.2) is 5.11 Å². The van der Waals surface area contributed by atoms with Crippen LogP contribution >= 0.6 is 23.8 Å². The van der Waals surface area contributed by atoms with Gasteiger partial charge in [-0.05, 0) is 42.0 Å². The van der Waals surface area contributed by atoms with Gasteiger partial charge >= 0.3 is 0 Å². The van der Waals surface area contributed by atoms with Gasteiger partial charge in [0.2, 0.25) is 5.91 Å². The number of hydrazine groups is 1. The largest absolute Gasteiger partial charge is 0.331 e. The summed E-state index contributed by atoms with van der Waals surface area (Å²) in [5.74, 6) is -1.49. The number of nitrogens with zero attached hydrogens (tertiary/aromatic N) is 1. The highest BCUT2D eigenvalue weighted by molar-refractivity contribution is 7.80. The number of nitrogens with one attached hydrogen (secondary N) is 3. The van der Waals surface area contributed by atoms with Crippen LogP contribution in [0.2, 0.25) is 5.02 Å². The summed E-state index contributed by atoms with van der Waals surface area (Å²) in [7, 11) is 0. The lowest BCUT2D eigenvalue weighted by molar-refractivity contribution is -0.133. The van der Waals surface area contributed by atoms with Crippen molar-refractivity contribution in [2.24, 2.45) is 0 Å². The molecule has 0 unspecified atom stereocenters. The zero-order chi connectivity index (χ0) is 19.4. The molecule has 9 heteroatoms. The maximum atomic E-state index is 12.4. The minimum absolute atomic E-state index is 0.0807. The molecule has 2 aromatic rings. The Morgan fingerprint density at radius 3 is 2.67 bits per heavy atom. The zero-order valence-corrected chi connectivity index (χ0v) is 15.6. The van der Waals surface area contributed by atoms with Crippen molar-refractivity contribution in [1.29, 1.82) is 0 Å². The first-order valence-electron chi connectivity index (χ1n) is 7.98. The van der Waals surface area contributed by atoms with Crippen molar-refractivity contribution in [3.05, 3.63) is 64.7 Å². The van der Waals surface area contributed by atoms with Gasteiger partial charge in [-0.15, -0.1) is 0 Å². The van der Waals surface area contributed by atoms with Crippen LogP contribution in [0.1, 0.15) is 15.9 Å². The molecule has 27 heavy (non-hydrogen) atoms. The Morgan fingerprint density at radius 2 is 1.89 bits per heavy atom. The Kier molecular flexibility index (Phi) is 5.68. The van der Waals surface area contributed by atoms with Gasteiger partial charge in [-0.1, -0.05) is 35.9 Å². The van der Waals surface area contributed by atoms with Crippen LogP contribution in [0.5, 0.6) is 0 Å². The second kappa shape index (κ2) is 8.15. The fraction of sp³-hybridized carbons (Fsp3) is 0.111. The normalized spacial score (nSPS) is 13.0. The van der Waals surface area contributed by atoms with Gasteiger partial charge in [-0.2, -0.15) is 0 Å². The Balaban J connectivity index is 1.54. The van der Waals surface area contributed by atoms with Crippen LogP contribution in [0.25, 0.3) is 0 Å². The van der Waals surface area contributed by atoms with Gasteiger partial charge in [-0.3, -0.25) is 30.1 Å². The molecular formula is C18H15ClN4O3S. The molecule has 0 saturated carbocycles. The highest BCUT2D eigenvalue weighted by atomic mass is 35.5. The highest BCUT2D eigenvalue weighted by Gasteiger charge is 2.31. The molecule has 0 bridgehead atoms. The molecule has 138 valence electrons. The minimum atomic E-state index is -0.577. The Morgan fingerprint density at radius 1 is 1.11 bits per heavy atom.